The third-order valence-electron chi connectivity index (χ3n) is 2.62. The van der Waals surface area contributed by atoms with Gasteiger partial charge in [-0.05, 0) is 36.6 Å². The van der Waals surface area contributed by atoms with Gasteiger partial charge in [-0.15, -0.1) is 0 Å². The quantitative estimate of drug-likeness (QED) is 0.348. The summed E-state index contributed by atoms with van der Waals surface area (Å²) in [5.41, 5.74) is 0.800. The third kappa shape index (κ3) is 6.46. The van der Waals surface area contributed by atoms with Crippen molar-refractivity contribution in [2.45, 2.75) is 16.6 Å². The Morgan fingerprint density at radius 1 is 1.33 bits per heavy atom. The number of benzene rings is 1. The fourth-order valence-corrected chi connectivity index (χ4v) is 1.69. The van der Waals surface area contributed by atoms with Crippen LogP contribution in [0.3, 0.4) is 0 Å². The zero-order valence-electron chi connectivity index (χ0n) is 11.4. The second kappa shape index (κ2) is 8.37. The van der Waals surface area contributed by atoms with E-state index in [0.29, 0.717) is 18.6 Å². The molecule has 0 saturated heterocycles. The molecule has 0 spiro atoms. The van der Waals surface area contributed by atoms with Crippen LogP contribution in [0, 0.1) is 5.41 Å². The maximum Gasteiger partial charge on any atom is 0.265 e. The molecule has 116 valence electrons. The Balaban J connectivity index is 2.37. The number of aromatic hydroxyl groups is 1. The first kappa shape index (κ1) is 18.0. The molecule has 0 unspecified atom stereocenters. The van der Waals surface area contributed by atoms with Crippen LogP contribution in [-0.2, 0) is 11.2 Å². The number of alkyl halides is 3. The molecule has 7 heteroatoms. The van der Waals surface area contributed by atoms with Crippen LogP contribution in [0.1, 0.15) is 12.0 Å². The summed E-state index contributed by atoms with van der Waals surface area (Å²) in [5.74, 6) is 0.521. The van der Waals surface area contributed by atoms with E-state index in [9.17, 15) is 5.11 Å². The summed E-state index contributed by atoms with van der Waals surface area (Å²) in [7, 11) is 1.58. The van der Waals surface area contributed by atoms with Crippen molar-refractivity contribution in [2.24, 2.45) is 0 Å². The maximum absolute atomic E-state index is 9.72. The van der Waals surface area contributed by atoms with E-state index in [-0.39, 0.29) is 12.4 Å². The standard InChI is InChI=1S/C14H16Cl3NO3/c1-20-11-6-7-12(19)10(9-11)5-3-2-4-8-21-13(18)14(15,16)17/h2,4,6-7,9,18-19H,3,5,8H2,1H3/b4-2+,18-13?. The normalized spacial score (nSPS) is 11.6. The first-order chi connectivity index (χ1) is 9.84. The zero-order chi connectivity index (χ0) is 15.9. The lowest BCUT2D eigenvalue weighted by Crippen LogP contribution is -2.21. The number of phenolic OH excluding ortho intramolecular Hbond substituents is 1. The lowest BCUT2D eigenvalue weighted by molar-refractivity contribution is 0.339. The lowest BCUT2D eigenvalue weighted by Gasteiger charge is -2.11. The Morgan fingerprint density at radius 3 is 2.67 bits per heavy atom. The van der Waals surface area contributed by atoms with E-state index in [1.165, 1.54) is 0 Å². The maximum atomic E-state index is 9.72. The van der Waals surface area contributed by atoms with Crippen molar-refractivity contribution >= 4 is 40.7 Å². The molecule has 1 rings (SSSR count). The van der Waals surface area contributed by atoms with Gasteiger partial charge in [-0.1, -0.05) is 47.0 Å². The van der Waals surface area contributed by atoms with Crippen LogP contribution < -0.4 is 4.74 Å². The van der Waals surface area contributed by atoms with Gasteiger partial charge in [0.25, 0.3) is 3.79 Å². The van der Waals surface area contributed by atoms with Crippen molar-refractivity contribution in [3.63, 3.8) is 0 Å². The first-order valence-corrected chi connectivity index (χ1v) is 7.27. The SMILES string of the molecule is COc1ccc(O)c(CC/C=C/COC(=N)C(Cl)(Cl)Cl)c1. The van der Waals surface area contributed by atoms with Crippen molar-refractivity contribution in [3.05, 3.63) is 35.9 Å². The summed E-state index contributed by atoms with van der Waals surface area (Å²) >= 11 is 16.4. The second-order valence-corrected chi connectivity index (χ2v) is 6.42. The molecule has 0 amide bonds. The van der Waals surface area contributed by atoms with E-state index < -0.39 is 9.69 Å². The summed E-state index contributed by atoms with van der Waals surface area (Å²) < 4.78 is 8.22. The van der Waals surface area contributed by atoms with Crippen LogP contribution >= 0.6 is 34.8 Å². The fourth-order valence-electron chi connectivity index (χ4n) is 1.53. The number of methoxy groups -OCH3 is 1. The molecule has 0 atom stereocenters. The number of rotatable bonds is 6. The van der Waals surface area contributed by atoms with E-state index in [0.717, 1.165) is 5.56 Å². The molecule has 0 heterocycles. The van der Waals surface area contributed by atoms with Gasteiger partial charge in [-0.3, -0.25) is 5.41 Å². The molecule has 0 aliphatic rings. The van der Waals surface area contributed by atoms with Crippen LogP contribution in [0.4, 0.5) is 0 Å². The number of phenols is 1. The zero-order valence-corrected chi connectivity index (χ0v) is 13.7. The summed E-state index contributed by atoms with van der Waals surface area (Å²) in [6.07, 6.45) is 4.94. The Morgan fingerprint density at radius 2 is 2.05 bits per heavy atom. The van der Waals surface area contributed by atoms with Gasteiger partial charge < -0.3 is 14.6 Å². The molecule has 0 aliphatic heterocycles. The molecule has 1 aromatic carbocycles. The van der Waals surface area contributed by atoms with E-state index in [4.69, 9.17) is 49.7 Å². The molecule has 4 nitrogen and oxygen atoms in total. The van der Waals surface area contributed by atoms with Crippen molar-refractivity contribution in [1.82, 2.24) is 0 Å². The van der Waals surface area contributed by atoms with Gasteiger partial charge in [-0.2, -0.15) is 0 Å². The minimum atomic E-state index is -1.83. The van der Waals surface area contributed by atoms with Gasteiger partial charge in [0.2, 0.25) is 5.90 Å². The molecule has 21 heavy (non-hydrogen) atoms. The van der Waals surface area contributed by atoms with E-state index >= 15 is 0 Å². The van der Waals surface area contributed by atoms with Gasteiger partial charge in [0.05, 0.1) is 7.11 Å². The average molecular weight is 353 g/mol. The number of aryl methyl sites for hydroxylation is 1. The van der Waals surface area contributed by atoms with Gasteiger partial charge in [0.1, 0.15) is 18.1 Å². The van der Waals surface area contributed by atoms with Crippen molar-refractivity contribution in [3.8, 4) is 11.5 Å². The van der Waals surface area contributed by atoms with Crippen LogP contribution in [0.2, 0.25) is 0 Å². The van der Waals surface area contributed by atoms with Crippen molar-refractivity contribution in [2.75, 3.05) is 13.7 Å². The van der Waals surface area contributed by atoms with Gasteiger partial charge in [-0.25, -0.2) is 0 Å². The van der Waals surface area contributed by atoms with Crippen LogP contribution in [0.25, 0.3) is 0 Å². The van der Waals surface area contributed by atoms with Gasteiger partial charge >= 0.3 is 0 Å². The molecule has 0 bridgehead atoms. The third-order valence-corrected chi connectivity index (χ3v) is 3.13. The van der Waals surface area contributed by atoms with Crippen LogP contribution in [0.15, 0.2) is 30.4 Å². The van der Waals surface area contributed by atoms with Crippen LogP contribution in [0.5, 0.6) is 11.5 Å². The first-order valence-electron chi connectivity index (χ1n) is 6.14. The molecule has 0 radical (unpaired) electrons. The Bertz CT molecular complexity index is 513. The highest BCUT2D eigenvalue weighted by Gasteiger charge is 2.28. The second-order valence-electron chi connectivity index (χ2n) is 4.14. The average Bonchev–Trinajstić information content (AvgIpc) is 2.43. The number of hydrogen-bond acceptors (Lipinski definition) is 4. The highest BCUT2D eigenvalue weighted by molar-refractivity contribution is 6.76. The number of allylic oxidation sites excluding steroid dienone is 1. The smallest absolute Gasteiger partial charge is 0.265 e. The highest BCUT2D eigenvalue weighted by Crippen LogP contribution is 2.27. The van der Waals surface area contributed by atoms with E-state index in [1.807, 2.05) is 6.08 Å². The monoisotopic (exact) mass is 351 g/mol. The molecule has 0 aliphatic carbocycles. The molecule has 2 N–H and O–H groups in total. The summed E-state index contributed by atoms with van der Waals surface area (Å²) in [6.45, 7) is 0.150. The topological polar surface area (TPSA) is 62.5 Å². The summed E-state index contributed by atoms with van der Waals surface area (Å²) in [6, 6.07) is 5.09. The molecule has 0 saturated carbocycles. The molecule has 1 aromatic rings. The van der Waals surface area contributed by atoms with Gasteiger partial charge in [0.15, 0.2) is 0 Å². The minimum absolute atomic E-state index is 0.150. The lowest BCUT2D eigenvalue weighted by atomic mass is 10.1. The number of ether oxygens (including phenoxy) is 2. The molecule has 0 fully saturated rings. The largest absolute Gasteiger partial charge is 0.508 e. The van der Waals surface area contributed by atoms with Crippen LogP contribution in [-0.4, -0.2) is 28.5 Å². The fraction of sp³-hybridized carbons (Fsp3) is 0.357. The number of nitrogens with one attached hydrogen (secondary N) is 1. The van der Waals surface area contributed by atoms with Gasteiger partial charge in [0, 0.05) is 0 Å². The highest BCUT2D eigenvalue weighted by atomic mass is 35.6. The van der Waals surface area contributed by atoms with Crippen molar-refractivity contribution < 1.29 is 14.6 Å². The summed E-state index contributed by atoms with van der Waals surface area (Å²) in [5, 5.41) is 17.0. The Hall–Kier alpha value is -1.10. The molecular weight excluding hydrogens is 337 g/mol. The number of hydrogen-bond donors (Lipinski definition) is 2. The number of halogens is 3. The molecule has 0 aromatic heterocycles. The van der Waals surface area contributed by atoms with E-state index in [1.54, 1.807) is 31.4 Å². The predicted octanol–water partition coefficient (Wildman–Crippen LogP) is 4.25. The summed E-state index contributed by atoms with van der Waals surface area (Å²) in [4.78, 5) is 0. The Labute approximate surface area is 138 Å². The Kier molecular flexibility index (Phi) is 7.15. The minimum Gasteiger partial charge on any atom is -0.508 e. The molecular formula is C14H16Cl3NO3. The predicted molar refractivity (Wildman–Crippen MR) is 86.1 cm³/mol. The van der Waals surface area contributed by atoms with Crippen molar-refractivity contribution in [1.29, 1.82) is 5.41 Å². The van der Waals surface area contributed by atoms with E-state index in [2.05, 4.69) is 0 Å².